The van der Waals surface area contributed by atoms with Crippen LogP contribution in [0.3, 0.4) is 0 Å². The van der Waals surface area contributed by atoms with Gasteiger partial charge in [0.05, 0.1) is 5.41 Å². The molecule has 2 heteroatoms. The molecule has 14 heavy (non-hydrogen) atoms. The first kappa shape index (κ1) is 11.5. The first-order chi connectivity index (χ1) is 6.40. The second-order valence-corrected chi connectivity index (χ2v) is 5.26. The highest BCUT2D eigenvalue weighted by molar-refractivity contribution is 5.82. The van der Waals surface area contributed by atoms with Crippen LogP contribution in [0.5, 0.6) is 0 Å². The number of hydrogen-bond donors (Lipinski definition) is 1. The molecule has 1 rings (SSSR count). The molecule has 1 aliphatic carbocycles. The molecule has 0 aromatic carbocycles. The van der Waals surface area contributed by atoms with Crippen LogP contribution in [0.4, 0.5) is 0 Å². The maximum Gasteiger partial charge on any atom is 0.224 e. The van der Waals surface area contributed by atoms with Gasteiger partial charge in [-0.15, -0.1) is 0 Å². The average molecular weight is 197 g/mol. The number of nitrogens with two attached hydrogens (primary N) is 1. The molecule has 0 bridgehead atoms. The van der Waals surface area contributed by atoms with E-state index in [1.54, 1.807) is 0 Å². The van der Waals surface area contributed by atoms with Gasteiger partial charge in [-0.05, 0) is 30.6 Å². The predicted octanol–water partition coefficient (Wildman–Crippen LogP) is 2.71. The van der Waals surface area contributed by atoms with Crippen molar-refractivity contribution in [3.8, 4) is 0 Å². The van der Waals surface area contributed by atoms with E-state index in [0.717, 1.165) is 25.7 Å². The van der Waals surface area contributed by atoms with E-state index in [-0.39, 0.29) is 16.7 Å². The standard InChI is InChI=1S/C12H23NO/c1-5-11(4)7-6-8-12(11,9(2)3)10(13)14/h9H,5-8H2,1-4H3,(H2,13,14). The molecule has 0 saturated heterocycles. The summed E-state index contributed by atoms with van der Waals surface area (Å²) in [7, 11) is 0. The lowest BCUT2D eigenvalue weighted by molar-refractivity contribution is -0.137. The Morgan fingerprint density at radius 3 is 2.29 bits per heavy atom. The molecule has 1 fully saturated rings. The van der Waals surface area contributed by atoms with Crippen LogP contribution >= 0.6 is 0 Å². The molecule has 0 aliphatic heterocycles. The van der Waals surface area contributed by atoms with Gasteiger partial charge in [0, 0.05) is 0 Å². The van der Waals surface area contributed by atoms with Crippen molar-refractivity contribution in [2.75, 3.05) is 0 Å². The Labute approximate surface area is 87.2 Å². The minimum absolute atomic E-state index is 0.0886. The highest BCUT2D eigenvalue weighted by Crippen LogP contribution is 2.58. The van der Waals surface area contributed by atoms with E-state index < -0.39 is 0 Å². The third kappa shape index (κ3) is 1.27. The van der Waals surface area contributed by atoms with Gasteiger partial charge in [0.2, 0.25) is 5.91 Å². The maximum atomic E-state index is 11.8. The Bertz CT molecular complexity index is 236. The zero-order valence-corrected chi connectivity index (χ0v) is 9.89. The summed E-state index contributed by atoms with van der Waals surface area (Å²) in [5.41, 5.74) is 5.50. The van der Waals surface area contributed by atoms with Gasteiger partial charge >= 0.3 is 0 Å². The largest absolute Gasteiger partial charge is 0.369 e. The van der Waals surface area contributed by atoms with Crippen molar-refractivity contribution in [3.63, 3.8) is 0 Å². The molecule has 0 radical (unpaired) electrons. The number of amides is 1. The fraction of sp³-hybridized carbons (Fsp3) is 0.917. The highest BCUT2D eigenvalue weighted by Gasteiger charge is 2.56. The molecule has 0 heterocycles. The van der Waals surface area contributed by atoms with E-state index in [0.29, 0.717) is 5.92 Å². The molecule has 0 spiro atoms. The first-order valence-corrected chi connectivity index (χ1v) is 5.70. The van der Waals surface area contributed by atoms with Crippen molar-refractivity contribution in [2.24, 2.45) is 22.5 Å². The van der Waals surface area contributed by atoms with Crippen molar-refractivity contribution in [3.05, 3.63) is 0 Å². The third-order valence-corrected chi connectivity index (χ3v) is 4.58. The van der Waals surface area contributed by atoms with E-state index in [4.69, 9.17) is 5.73 Å². The van der Waals surface area contributed by atoms with Crippen LogP contribution in [0.1, 0.15) is 53.4 Å². The SMILES string of the molecule is CCC1(C)CCCC1(C(N)=O)C(C)C. The van der Waals surface area contributed by atoms with Gasteiger partial charge in [0.15, 0.2) is 0 Å². The summed E-state index contributed by atoms with van der Waals surface area (Å²) in [5, 5.41) is 0. The average Bonchev–Trinajstić information content (AvgIpc) is 2.44. The molecule has 2 N–H and O–H groups in total. The summed E-state index contributed by atoms with van der Waals surface area (Å²) < 4.78 is 0. The van der Waals surface area contributed by atoms with Gasteiger partial charge in [-0.3, -0.25) is 4.79 Å². The van der Waals surface area contributed by atoms with Crippen LogP contribution in [-0.4, -0.2) is 5.91 Å². The van der Waals surface area contributed by atoms with Gasteiger partial charge in [0.25, 0.3) is 0 Å². The first-order valence-electron chi connectivity index (χ1n) is 5.70. The molecule has 1 aliphatic rings. The third-order valence-electron chi connectivity index (χ3n) is 4.58. The van der Waals surface area contributed by atoms with Crippen LogP contribution in [0, 0.1) is 16.7 Å². The summed E-state index contributed by atoms with van der Waals surface area (Å²) in [6, 6.07) is 0. The summed E-state index contributed by atoms with van der Waals surface area (Å²) in [6.07, 6.45) is 4.31. The number of hydrogen-bond acceptors (Lipinski definition) is 1. The fourth-order valence-corrected chi connectivity index (χ4v) is 3.47. The smallest absolute Gasteiger partial charge is 0.224 e. The van der Waals surface area contributed by atoms with Gasteiger partial charge < -0.3 is 5.73 Å². The van der Waals surface area contributed by atoms with E-state index >= 15 is 0 Å². The predicted molar refractivity (Wildman–Crippen MR) is 58.7 cm³/mol. The lowest BCUT2D eigenvalue weighted by atomic mass is 9.59. The summed E-state index contributed by atoms with van der Waals surface area (Å²) in [6.45, 7) is 8.66. The Hall–Kier alpha value is -0.530. The van der Waals surface area contributed by atoms with Crippen molar-refractivity contribution >= 4 is 5.91 Å². The minimum atomic E-state index is -0.262. The van der Waals surface area contributed by atoms with Crippen molar-refractivity contribution < 1.29 is 4.79 Å². The molecular weight excluding hydrogens is 174 g/mol. The number of carbonyl (C=O) groups is 1. The number of rotatable bonds is 3. The number of carbonyl (C=O) groups excluding carboxylic acids is 1. The second-order valence-electron chi connectivity index (χ2n) is 5.26. The Kier molecular flexibility index (Phi) is 2.93. The van der Waals surface area contributed by atoms with E-state index in [1.807, 2.05) is 0 Å². The number of primary amides is 1. The van der Waals surface area contributed by atoms with Crippen LogP contribution in [0.15, 0.2) is 0 Å². The fourth-order valence-electron chi connectivity index (χ4n) is 3.47. The van der Waals surface area contributed by atoms with Gasteiger partial charge in [-0.1, -0.05) is 34.1 Å². The monoisotopic (exact) mass is 197 g/mol. The van der Waals surface area contributed by atoms with E-state index in [9.17, 15) is 4.79 Å². The molecule has 1 saturated carbocycles. The van der Waals surface area contributed by atoms with Gasteiger partial charge in [-0.25, -0.2) is 0 Å². The van der Waals surface area contributed by atoms with Crippen molar-refractivity contribution in [1.29, 1.82) is 0 Å². The van der Waals surface area contributed by atoms with Crippen molar-refractivity contribution in [2.45, 2.75) is 53.4 Å². The van der Waals surface area contributed by atoms with Gasteiger partial charge in [0.1, 0.15) is 0 Å². The zero-order chi connectivity index (χ0) is 11.0. The van der Waals surface area contributed by atoms with Crippen LogP contribution in [0.2, 0.25) is 0 Å². The topological polar surface area (TPSA) is 43.1 Å². The zero-order valence-electron chi connectivity index (χ0n) is 9.89. The summed E-state index contributed by atoms with van der Waals surface area (Å²) >= 11 is 0. The lowest BCUT2D eigenvalue weighted by Gasteiger charge is -2.44. The molecule has 2 unspecified atom stereocenters. The summed E-state index contributed by atoms with van der Waals surface area (Å²) in [4.78, 5) is 11.8. The van der Waals surface area contributed by atoms with E-state index in [2.05, 4.69) is 27.7 Å². The van der Waals surface area contributed by atoms with Crippen molar-refractivity contribution in [1.82, 2.24) is 0 Å². The molecule has 82 valence electrons. The second kappa shape index (κ2) is 3.56. The van der Waals surface area contributed by atoms with Crippen LogP contribution < -0.4 is 5.73 Å². The Morgan fingerprint density at radius 2 is 2.00 bits per heavy atom. The Morgan fingerprint density at radius 1 is 1.43 bits per heavy atom. The molecule has 0 aromatic heterocycles. The Balaban J connectivity index is 3.15. The molecule has 1 amide bonds. The van der Waals surface area contributed by atoms with E-state index in [1.165, 1.54) is 0 Å². The lowest BCUT2D eigenvalue weighted by Crippen LogP contribution is -2.49. The van der Waals surface area contributed by atoms with Crippen LogP contribution in [-0.2, 0) is 4.79 Å². The molecule has 0 aromatic rings. The molecule has 2 nitrogen and oxygen atoms in total. The normalized spacial score (nSPS) is 37.8. The quantitative estimate of drug-likeness (QED) is 0.742. The molecular formula is C12H23NO. The van der Waals surface area contributed by atoms with Crippen LogP contribution in [0.25, 0.3) is 0 Å². The summed E-state index contributed by atoms with van der Waals surface area (Å²) in [5.74, 6) is 0.266. The van der Waals surface area contributed by atoms with Gasteiger partial charge in [-0.2, -0.15) is 0 Å². The molecule has 2 atom stereocenters. The minimum Gasteiger partial charge on any atom is -0.369 e. The maximum absolute atomic E-state index is 11.8. The highest BCUT2D eigenvalue weighted by atomic mass is 16.1.